The van der Waals surface area contributed by atoms with E-state index in [0.29, 0.717) is 29.2 Å². The van der Waals surface area contributed by atoms with Crippen LogP contribution >= 0.6 is 0 Å². The Morgan fingerprint density at radius 1 is 1.30 bits per heavy atom. The Bertz CT molecular complexity index is 629. The minimum absolute atomic E-state index is 0.0932. The van der Waals surface area contributed by atoms with Crippen molar-refractivity contribution in [2.75, 3.05) is 18.2 Å². The van der Waals surface area contributed by atoms with Gasteiger partial charge in [0.25, 0.3) is 0 Å². The number of benzene rings is 1. The number of aliphatic hydroxyl groups is 1. The summed E-state index contributed by atoms with van der Waals surface area (Å²) in [6.07, 6.45) is 4.57. The Kier molecular flexibility index (Phi) is 3.30. The van der Waals surface area contributed by atoms with Crippen LogP contribution in [0.1, 0.15) is 32.1 Å². The minimum Gasteiger partial charge on any atom is -0.495 e. The van der Waals surface area contributed by atoms with Crippen LogP contribution in [0.15, 0.2) is 18.2 Å². The molecule has 0 saturated heterocycles. The predicted molar refractivity (Wildman–Crippen MR) is 88.0 cm³/mol. The van der Waals surface area contributed by atoms with E-state index in [1.54, 1.807) is 19.2 Å². The highest BCUT2D eigenvalue weighted by Crippen LogP contribution is 2.60. The van der Waals surface area contributed by atoms with Crippen molar-refractivity contribution in [3.8, 4) is 5.75 Å². The molecule has 1 amide bonds. The predicted octanol–water partition coefficient (Wildman–Crippen LogP) is 2.40. The summed E-state index contributed by atoms with van der Waals surface area (Å²) in [5, 5.41) is 13.4. The SMILES string of the molecule is COc1cc(NC(=O)C23CC4CC(C2)C(O)C(C4)C3)ccc1N. The van der Waals surface area contributed by atoms with Crippen molar-refractivity contribution in [1.29, 1.82) is 0 Å². The summed E-state index contributed by atoms with van der Waals surface area (Å²) in [5.74, 6) is 1.86. The van der Waals surface area contributed by atoms with Gasteiger partial charge in [-0.25, -0.2) is 0 Å². The second kappa shape index (κ2) is 5.13. The van der Waals surface area contributed by atoms with Gasteiger partial charge in [0.1, 0.15) is 5.75 Å². The van der Waals surface area contributed by atoms with Gasteiger partial charge in [0.15, 0.2) is 0 Å². The highest BCUT2D eigenvalue weighted by molar-refractivity contribution is 5.96. The van der Waals surface area contributed by atoms with Gasteiger partial charge in [0.2, 0.25) is 5.91 Å². The van der Waals surface area contributed by atoms with E-state index in [4.69, 9.17) is 10.5 Å². The van der Waals surface area contributed by atoms with Gasteiger partial charge in [-0.3, -0.25) is 4.79 Å². The first kappa shape index (κ1) is 14.8. The highest BCUT2D eigenvalue weighted by Gasteiger charge is 2.58. The number of nitrogen functional groups attached to an aromatic ring is 1. The van der Waals surface area contributed by atoms with E-state index >= 15 is 0 Å². The summed E-state index contributed by atoms with van der Waals surface area (Å²) in [7, 11) is 1.57. The number of methoxy groups -OCH3 is 1. The number of hydrogen-bond donors (Lipinski definition) is 3. The summed E-state index contributed by atoms with van der Waals surface area (Å²) >= 11 is 0. The number of aliphatic hydroxyl groups excluding tert-OH is 1. The zero-order valence-electron chi connectivity index (χ0n) is 13.4. The zero-order chi connectivity index (χ0) is 16.2. The molecule has 4 aliphatic carbocycles. The maximum atomic E-state index is 13.0. The maximum Gasteiger partial charge on any atom is 0.230 e. The number of nitrogens with one attached hydrogen (secondary N) is 1. The smallest absolute Gasteiger partial charge is 0.230 e. The van der Waals surface area contributed by atoms with Gasteiger partial charge in [-0.15, -0.1) is 0 Å². The Morgan fingerprint density at radius 2 is 2.00 bits per heavy atom. The highest BCUT2D eigenvalue weighted by atomic mass is 16.5. The Balaban J connectivity index is 1.55. The van der Waals surface area contributed by atoms with E-state index in [9.17, 15) is 9.90 Å². The van der Waals surface area contributed by atoms with Crippen LogP contribution in [0, 0.1) is 23.2 Å². The van der Waals surface area contributed by atoms with Gasteiger partial charge < -0.3 is 20.9 Å². The van der Waals surface area contributed by atoms with Gasteiger partial charge in [-0.05, 0) is 62.0 Å². The lowest BCUT2D eigenvalue weighted by atomic mass is 9.48. The van der Waals surface area contributed by atoms with E-state index < -0.39 is 0 Å². The van der Waals surface area contributed by atoms with E-state index in [-0.39, 0.29) is 17.4 Å². The molecule has 0 aromatic heterocycles. The molecule has 0 heterocycles. The van der Waals surface area contributed by atoms with Crippen LogP contribution in [0.4, 0.5) is 11.4 Å². The van der Waals surface area contributed by atoms with Crippen molar-refractivity contribution in [1.82, 2.24) is 0 Å². The summed E-state index contributed by atoms with van der Waals surface area (Å²) in [6, 6.07) is 5.32. The van der Waals surface area contributed by atoms with Crippen LogP contribution in [0.3, 0.4) is 0 Å². The van der Waals surface area contributed by atoms with Crippen molar-refractivity contribution in [2.24, 2.45) is 23.2 Å². The van der Waals surface area contributed by atoms with E-state index in [0.717, 1.165) is 37.8 Å². The van der Waals surface area contributed by atoms with Crippen molar-refractivity contribution in [3.05, 3.63) is 18.2 Å². The molecule has 5 nitrogen and oxygen atoms in total. The molecule has 1 aromatic rings. The molecule has 4 bridgehead atoms. The molecule has 4 N–H and O–H groups in total. The Labute approximate surface area is 136 Å². The molecule has 5 heteroatoms. The van der Waals surface area contributed by atoms with Gasteiger partial charge in [-0.1, -0.05) is 0 Å². The molecular weight excluding hydrogens is 292 g/mol. The molecular formula is C18H24N2O3. The maximum absolute atomic E-state index is 13.0. The number of nitrogens with two attached hydrogens (primary N) is 1. The topological polar surface area (TPSA) is 84.6 Å². The second-order valence-electron chi connectivity index (χ2n) is 7.65. The third-order valence-corrected chi connectivity index (χ3v) is 6.20. The number of hydrogen-bond acceptors (Lipinski definition) is 4. The normalized spacial score (nSPS) is 37.7. The third-order valence-electron chi connectivity index (χ3n) is 6.20. The molecule has 2 unspecified atom stereocenters. The summed E-state index contributed by atoms with van der Waals surface area (Å²) in [6.45, 7) is 0. The van der Waals surface area contributed by atoms with Gasteiger partial charge in [0, 0.05) is 11.8 Å². The molecule has 4 fully saturated rings. The summed E-state index contributed by atoms with van der Waals surface area (Å²) < 4.78 is 5.22. The monoisotopic (exact) mass is 316 g/mol. The molecule has 5 rings (SSSR count). The largest absolute Gasteiger partial charge is 0.495 e. The number of amides is 1. The van der Waals surface area contributed by atoms with Crippen LogP contribution in [0.25, 0.3) is 0 Å². The summed E-state index contributed by atoms with van der Waals surface area (Å²) in [4.78, 5) is 13.0. The number of rotatable bonds is 3. The number of anilines is 2. The van der Waals surface area contributed by atoms with Crippen molar-refractivity contribution >= 4 is 17.3 Å². The van der Waals surface area contributed by atoms with Crippen molar-refractivity contribution in [3.63, 3.8) is 0 Å². The van der Waals surface area contributed by atoms with Gasteiger partial charge in [0.05, 0.1) is 24.3 Å². The lowest BCUT2D eigenvalue weighted by Crippen LogP contribution is -2.57. The zero-order valence-corrected chi connectivity index (χ0v) is 13.4. The standard InChI is InChI=1S/C18H24N2O3/c1-23-15-6-13(2-3-14(15)19)20-17(22)18-7-10-4-11(8-18)16(21)12(5-10)9-18/h2-3,6,10-12,16,21H,4-5,7-9,19H2,1H3,(H,20,22). The molecule has 2 atom stereocenters. The fraction of sp³-hybridized carbons (Fsp3) is 0.611. The van der Waals surface area contributed by atoms with Crippen LogP contribution in [-0.2, 0) is 4.79 Å². The third kappa shape index (κ3) is 2.29. The minimum atomic E-state index is -0.301. The van der Waals surface area contributed by atoms with Crippen LogP contribution < -0.4 is 15.8 Å². The van der Waals surface area contributed by atoms with Crippen molar-refractivity contribution < 1.29 is 14.6 Å². The van der Waals surface area contributed by atoms with Crippen LogP contribution in [0.2, 0.25) is 0 Å². The molecule has 124 valence electrons. The fourth-order valence-corrected chi connectivity index (χ4v) is 5.33. The lowest BCUT2D eigenvalue weighted by molar-refractivity contribution is -0.158. The van der Waals surface area contributed by atoms with Crippen LogP contribution in [-0.4, -0.2) is 24.2 Å². The first-order valence-electron chi connectivity index (χ1n) is 8.44. The average Bonchev–Trinajstić information content (AvgIpc) is 2.53. The molecule has 0 radical (unpaired) electrons. The molecule has 1 aromatic carbocycles. The van der Waals surface area contributed by atoms with Gasteiger partial charge in [-0.2, -0.15) is 0 Å². The average molecular weight is 316 g/mol. The molecule has 23 heavy (non-hydrogen) atoms. The lowest BCUT2D eigenvalue weighted by Gasteiger charge is -2.57. The van der Waals surface area contributed by atoms with Crippen molar-refractivity contribution in [2.45, 2.75) is 38.2 Å². The molecule has 4 aliphatic rings. The van der Waals surface area contributed by atoms with E-state index in [1.807, 2.05) is 6.07 Å². The van der Waals surface area contributed by atoms with Crippen LogP contribution in [0.5, 0.6) is 5.75 Å². The fourth-order valence-electron chi connectivity index (χ4n) is 5.33. The quantitative estimate of drug-likeness (QED) is 0.748. The van der Waals surface area contributed by atoms with E-state index in [1.165, 1.54) is 0 Å². The second-order valence-corrected chi connectivity index (χ2v) is 7.65. The molecule has 0 spiro atoms. The Hall–Kier alpha value is -1.75. The number of ether oxygens (including phenoxy) is 1. The van der Waals surface area contributed by atoms with E-state index in [2.05, 4.69) is 5.32 Å². The van der Waals surface area contributed by atoms with Gasteiger partial charge >= 0.3 is 0 Å². The Morgan fingerprint density at radius 3 is 2.65 bits per heavy atom. The first-order chi connectivity index (χ1) is 11.0. The number of carbonyl (C=O) groups is 1. The molecule has 4 saturated carbocycles. The summed E-state index contributed by atoms with van der Waals surface area (Å²) in [5.41, 5.74) is 6.80. The number of carbonyl (C=O) groups excluding carboxylic acids is 1. The molecule has 0 aliphatic heterocycles. The first-order valence-corrected chi connectivity index (χ1v) is 8.44.